The summed E-state index contributed by atoms with van der Waals surface area (Å²) < 4.78 is 5.40. The van der Waals surface area contributed by atoms with Crippen molar-refractivity contribution in [3.05, 3.63) is 53.5 Å². The Morgan fingerprint density at radius 1 is 1.30 bits per heavy atom. The highest BCUT2D eigenvalue weighted by Gasteiger charge is 2.36. The summed E-state index contributed by atoms with van der Waals surface area (Å²) in [6, 6.07) is 10.9. The first kappa shape index (κ1) is 19.2. The van der Waals surface area contributed by atoms with Gasteiger partial charge in [-0.3, -0.25) is 9.59 Å². The molecular weight excluding hydrogens is 344 g/mol. The lowest BCUT2D eigenvalue weighted by molar-refractivity contribution is -0.121. The Hall–Kier alpha value is -2.60. The third-order valence-electron chi connectivity index (χ3n) is 4.93. The summed E-state index contributed by atoms with van der Waals surface area (Å²) in [5, 5.41) is 9.16. The Labute approximate surface area is 159 Å². The molecule has 3 rings (SSSR count). The van der Waals surface area contributed by atoms with E-state index in [2.05, 4.69) is 6.92 Å². The Morgan fingerprint density at radius 3 is 2.78 bits per heavy atom. The average molecular weight is 370 g/mol. The van der Waals surface area contributed by atoms with E-state index in [1.807, 2.05) is 31.2 Å². The van der Waals surface area contributed by atoms with E-state index in [0.717, 1.165) is 30.5 Å². The van der Waals surface area contributed by atoms with Gasteiger partial charge in [0.1, 0.15) is 18.9 Å². The molecule has 1 saturated heterocycles. The third kappa shape index (κ3) is 4.22. The first-order valence-electron chi connectivity index (χ1n) is 9.41. The molecule has 1 aliphatic heterocycles. The smallest absolute Gasteiger partial charge is 0.290 e. The number of rotatable bonds is 6. The minimum absolute atomic E-state index is 0.0241. The van der Waals surface area contributed by atoms with Crippen molar-refractivity contribution in [2.24, 2.45) is 0 Å². The van der Waals surface area contributed by atoms with E-state index >= 15 is 0 Å². The number of carbonyl (C=O) groups excluding carboxylic acids is 2. The number of carbonyl (C=O) groups is 2. The number of hydrogen-bond donors (Lipinski definition) is 1. The molecule has 0 saturated carbocycles. The third-order valence-corrected chi connectivity index (χ3v) is 4.93. The fourth-order valence-corrected chi connectivity index (χ4v) is 3.46. The number of nitrogens with zero attached hydrogens (tertiary/aromatic N) is 2. The highest BCUT2D eigenvalue weighted by atomic mass is 16.4. The number of amides is 2. The molecule has 0 bridgehead atoms. The number of piperazine rings is 1. The highest BCUT2D eigenvalue weighted by molar-refractivity contribution is 6.01. The maximum absolute atomic E-state index is 12.9. The van der Waals surface area contributed by atoms with Gasteiger partial charge in [-0.2, -0.15) is 0 Å². The van der Waals surface area contributed by atoms with Crippen LogP contribution in [0.25, 0.3) is 0 Å². The quantitative estimate of drug-likeness (QED) is 0.848. The van der Waals surface area contributed by atoms with Crippen molar-refractivity contribution in [2.75, 3.05) is 18.0 Å². The Morgan fingerprint density at radius 2 is 2.11 bits per heavy atom. The van der Waals surface area contributed by atoms with Crippen LogP contribution in [0.15, 0.2) is 40.8 Å². The zero-order chi connectivity index (χ0) is 19.4. The second-order valence-corrected chi connectivity index (χ2v) is 7.00. The molecule has 1 fully saturated rings. The van der Waals surface area contributed by atoms with Gasteiger partial charge in [0.25, 0.3) is 5.91 Å². The van der Waals surface area contributed by atoms with Gasteiger partial charge in [-0.05, 0) is 43.2 Å². The van der Waals surface area contributed by atoms with Gasteiger partial charge in [0.05, 0.1) is 6.04 Å². The molecule has 6 heteroatoms. The molecule has 0 radical (unpaired) electrons. The number of anilines is 1. The first-order valence-corrected chi connectivity index (χ1v) is 9.41. The standard InChI is InChI=1S/C21H26N2O4/c1-3-4-7-17-12-22(16-8-5-6-15(2)11-16)20(25)13-23(17)21(26)19-10-9-18(14-24)27-19/h5-6,8-11,17,24H,3-4,7,12-14H2,1-2H3/t17-/m1/s1. The summed E-state index contributed by atoms with van der Waals surface area (Å²) in [4.78, 5) is 29.1. The predicted octanol–water partition coefficient (Wildman–Crippen LogP) is 3.13. The van der Waals surface area contributed by atoms with Gasteiger partial charge in [0.2, 0.25) is 5.91 Å². The van der Waals surface area contributed by atoms with Gasteiger partial charge in [-0.25, -0.2) is 0 Å². The highest BCUT2D eigenvalue weighted by Crippen LogP contribution is 2.25. The van der Waals surface area contributed by atoms with Crippen molar-refractivity contribution in [2.45, 2.75) is 45.8 Å². The van der Waals surface area contributed by atoms with Crippen molar-refractivity contribution in [1.82, 2.24) is 4.90 Å². The summed E-state index contributed by atoms with van der Waals surface area (Å²) in [6.07, 6.45) is 2.82. The molecule has 1 aliphatic rings. The molecule has 2 aromatic rings. The summed E-state index contributed by atoms with van der Waals surface area (Å²) in [5.41, 5.74) is 1.96. The van der Waals surface area contributed by atoms with E-state index in [0.29, 0.717) is 12.3 Å². The van der Waals surface area contributed by atoms with E-state index in [4.69, 9.17) is 9.52 Å². The molecule has 6 nitrogen and oxygen atoms in total. The van der Waals surface area contributed by atoms with Crippen LogP contribution < -0.4 is 4.90 Å². The molecule has 0 unspecified atom stereocenters. The van der Waals surface area contributed by atoms with Gasteiger partial charge < -0.3 is 19.3 Å². The van der Waals surface area contributed by atoms with Crippen LogP contribution in [0.3, 0.4) is 0 Å². The van der Waals surface area contributed by atoms with Crippen molar-refractivity contribution in [3.63, 3.8) is 0 Å². The summed E-state index contributed by atoms with van der Waals surface area (Å²) in [5.74, 6) is 0.106. The first-order chi connectivity index (χ1) is 13.0. The van der Waals surface area contributed by atoms with Crippen LogP contribution >= 0.6 is 0 Å². The van der Waals surface area contributed by atoms with E-state index in [9.17, 15) is 9.59 Å². The van der Waals surface area contributed by atoms with Crippen LogP contribution in [-0.2, 0) is 11.4 Å². The van der Waals surface area contributed by atoms with E-state index in [1.54, 1.807) is 21.9 Å². The second-order valence-electron chi connectivity index (χ2n) is 7.00. The van der Waals surface area contributed by atoms with Gasteiger partial charge in [-0.1, -0.05) is 31.9 Å². The SMILES string of the molecule is CCCC[C@@H]1CN(c2cccc(C)c2)C(=O)CN1C(=O)c1ccc(CO)o1. The molecule has 2 amide bonds. The maximum atomic E-state index is 12.9. The Bertz CT molecular complexity index is 814. The van der Waals surface area contributed by atoms with E-state index in [-0.39, 0.29) is 36.8 Å². The van der Waals surface area contributed by atoms with Crippen LogP contribution in [0.5, 0.6) is 0 Å². The largest absolute Gasteiger partial charge is 0.453 e. The lowest BCUT2D eigenvalue weighted by Crippen LogP contribution is -2.58. The normalized spacial score (nSPS) is 17.4. The van der Waals surface area contributed by atoms with E-state index < -0.39 is 0 Å². The number of benzene rings is 1. The van der Waals surface area contributed by atoms with Gasteiger partial charge >= 0.3 is 0 Å². The van der Waals surface area contributed by atoms with Gasteiger partial charge in [0.15, 0.2) is 5.76 Å². The van der Waals surface area contributed by atoms with Gasteiger partial charge in [-0.15, -0.1) is 0 Å². The molecule has 27 heavy (non-hydrogen) atoms. The molecule has 0 aliphatic carbocycles. The zero-order valence-electron chi connectivity index (χ0n) is 15.9. The molecule has 1 aromatic heterocycles. The number of aliphatic hydroxyl groups is 1. The minimum Gasteiger partial charge on any atom is -0.453 e. The fraction of sp³-hybridized carbons (Fsp3) is 0.429. The predicted molar refractivity (Wildman–Crippen MR) is 103 cm³/mol. The van der Waals surface area contributed by atoms with Crippen LogP contribution in [-0.4, -0.2) is 41.0 Å². The molecule has 1 aromatic carbocycles. The molecule has 1 atom stereocenters. The summed E-state index contributed by atoms with van der Waals surface area (Å²) in [7, 11) is 0. The number of unbranched alkanes of at least 4 members (excludes halogenated alkanes) is 1. The van der Waals surface area contributed by atoms with Crippen LogP contribution in [0, 0.1) is 6.92 Å². The molecular formula is C21H26N2O4. The van der Waals surface area contributed by atoms with Crippen molar-refractivity contribution in [1.29, 1.82) is 0 Å². The topological polar surface area (TPSA) is 74.0 Å². The second kappa shape index (κ2) is 8.39. The number of hydrogen-bond acceptors (Lipinski definition) is 4. The lowest BCUT2D eigenvalue weighted by Gasteiger charge is -2.40. The molecule has 144 valence electrons. The van der Waals surface area contributed by atoms with Crippen LogP contribution in [0.1, 0.15) is 48.1 Å². The average Bonchev–Trinajstić information content (AvgIpc) is 3.15. The fourth-order valence-electron chi connectivity index (χ4n) is 3.46. The van der Waals surface area contributed by atoms with Crippen molar-refractivity contribution >= 4 is 17.5 Å². The minimum atomic E-state index is -0.298. The van der Waals surface area contributed by atoms with Gasteiger partial charge in [0, 0.05) is 12.2 Å². The van der Waals surface area contributed by atoms with Crippen molar-refractivity contribution < 1.29 is 19.1 Å². The molecule has 1 N–H and O–H groups in total. The number of aliphatic hydroxyl groups excluding tert-OH is 1. The monoisotopic (exact) mass is 370 g/mol. The van der Waals surface area contributed by atoms with E-state index in [1.165, 1.54) is 0 Å². The van der Waals surface area contributed by atoms with Crippen LogP contribution in [0.2, 0.25) is 0 Å². The number of furan rings is 1. The Kier molecular flexibility index (Phi) is 5.96. The lowest BCUT2D eigenvalue weighted by atomic mass is 10.0. The zero-order valence-corrected chi connectivity index (χ0v) is 15.9. The summed E-state index contributed by atoms with van der Waals surface area (Å²) in [6.45, 7) is 4.35. The Balaban J connectivity index is 1.84. The molecule has 2 heterocycles. The molecule has 0 spiro atoms. The van der Waals surface area contributed by atoms with Crippen molar-refractivity contribution in [3.8, 4) is 0 Å². The number of aryl methyl sites for hydroxylation is 1. The summed E-state index contributed by atoms with van der Waals surface area (Å²) >= 11 is 0. The maximum Gasteiger partial charge on any atom is 0.290 e. The van der Waals surface area contributed by atoms with Crippen LogP contribution in [0.4, 0.5) is 5.69 Å².